The molecule has 16 heavy (non-hydrogen) atoms. The number of aryl methyl sites for hydroxylation is 1. The van der Waals surface area contributed by atoms with Gasteiger partial charge in [0.05, 0.1) is 23.6 Å². The zero-order valence-corrected chi connectivity index (χ0v) is 11.5. The number of fused-ring (bicyclic) bond motifs is 1. The molecule has 2 heterocycles. The maximum atomic E-state index is 5.88. The summed E-state index contributed by atoms with van der Waals surface area (Å²) in [6.45, 7) is 12.9. The largest absolute Gasteiger partial charge is 0.396 e. The van der Waals surface area contributed by atoms with E-state index in [0.29, 0.717) is 0 Å². The molecule has 0 spiro atoms. The van der Waals surface area contributed by atoms with Crippen molar-refractivity contribution >= 4 is 5.69 Å². The van der Waals surface area contributed by atoms with Crippen LogP contribution in [0.3, 0.4) is 0 Å². The number of rotatable bonds is 0. The lowest BCUT2D eigenvalue weighted by Gasteiger charge is -2.23. The van der Waals surface area contributed by atoms with Crippen LogP contribution in [0.4, 0.5) is 5.69 Å². The first kappa shape index (κ1) is 15.0. The van der Waals surface area contributed by atoms with Crippen molar-refractivity contribution in [1.82, 2.24) is 14.7 Å². The van der Waals surface area contributed by atoms with E-state index >= 15 is 0 Å². The third-order valence-electron chi connectivity index (χ3n) is 2.40. The van der Waals surface area contributed by atoms with E-state index in [-0.39, 0.29) is 0 Å². The molecule has 2 rings (SSSR count). The Hall–Kier alpha value is -1.03. The minimum Gasteiger partial charge on any atom is -0.396 e. The molecule has 94 valence electrons. The molecule has 1 aromatic heterocycles. The van der Waals surface area contributed by atoms with Gasteiger partial charge in [0.25, 0.3) is 0 Å². The molecule has 0 atom stereocenters. The predicted octanol–water partition coefficient (Wildman–Crippen LogP) is 2.27. The molecule has 0 unspecified atom stereocenters. The molecular formula is C12H26N4. The maximum Gasteiger partial charge on any atom is 0.0826 e. The van der Waals surface area contributed by atoms with Gasteiger partial charge in [-0.25, -0.2) is 0 Å². The number of nitrogens with zero attached hydrogens (tertiary/aromatic N) is 3. The first-order valence-electron chi connectivity index (χ1n) is 6.19. The fourth-order valence-corrected chi connectivity index (χ4v) is 1.60. The minimum atomic E-state index is 0.863. The molecule has 0 saturated heterocycles. The molecule has 0 saturated carbocycles. The number of hydrogen-bond acceptors (Lipinski definition) is 3. The molecular weight excluding hydrogens is 200 g/mol. The van der Waals surface area contributed by atoms with E-state index in [0.717, 1.165) is 31.0 Å². The van der Waals surface area contributed by atoms with Gasteiger partial charge in [-0.1, -0.05) is 27.7 Å². The topological polar surface area (TPSA) is 47.1 Å². The third-order valence-corrected chi connectivity index (χ3v) is 2.40. The highest BCUT2D eigenvalue weighted by Crippen LogP contribution is 2.20. The van der Waals surface area contributed by atoms with E-state index in [1.165, 1.54) is 5.69 Å². The van der Waals surface area contributed by atoms with E-state index < -0.39 is 0 Å². The van der Waals surface area contributed by atoms with Crippen LogP contribution in [0.2, 0.25) is 0 Å². The van der Waals surface area contributed by atoms with Crippen LogP contribution in [-0.4, -0.2) is 28.3 Å². The summed E-state index contributed by atoms with van der Waals surface area (Å²) < 4.78 is 2.02. The van der Waals surface area contributed by atoms with Gasteiger partial charge in [-0.2, -0.15) is 5.10 Å². The number of nitrogen functional groups attached to an aromatic ring is 1. The van der Waals surface area contributed by atoms with Crippen molar-refractivity contribution in [3.05, 3.63) is 11.4 Å². The Morgan fingerprint density at radius 3 is 2.25 bits per heavy atom. The van der Waals surface area contributed by atoms with Gasteiger partial charge in [0.1, 0.15) is 0 Å². The minimum absolute atomic E-state index is 0.863. The van der Waals surface area contributed by atoms with Gasteiger partial charge in [-0.3, -0.25) is 9.58 Å². The second-order valence-corrected chi connectivity index (χ2v) is 3.41. The predicted molar refractivity (Wildman–Crippen MR) is 70.4 cm³/mol. The standard InChI is InChI=1S/C8H14N4.2C2H6/c1-6-8(9)7-5-11(2)3-4-12(7)10-6;2*1-2/h3-5,9H2,1-2H3;2*1-2H3. The highest BCUT2D eigenvalue weighted by atomic mass is 15.3. The summed E-state index contributed by atoms with van der Waals surface area (Å²) in [5, 5.41) is 4.35. The van der Waals surface area contributed by atoms with Gasteiger partial charge in [-0.15, -0.1) is 0 Å². The Bertz CT molecular complexity index is 304. The Kier molecular flexibility index (Phi) is 6.81. The highest BCUT2D eigenvalue weighted by Gasteiger charge is 2.18. The quantitative estimate of drug-likeness (QED) is 0.738. The number of nitrogens with two attached hydrogens (primary N) is 1. The normalized spacial score (nSPS) is 14.1. The van der Waals surface area contributed by atoms with Crippen LogP contribution in [0.1, 0.15) is 39.1 Å². The Labute approximate surface area is 99.4 Å². The summed E-state index contributed by atoms with van der Waals surface area (Å²) in [7, 11) is 2.10. The Balaban J connectivity index is 0.000000509. The number of aromatic nitrogens is 2. The molecule has 0 radical (unpaired) electrons. The number of likely N-dealkylation sites (N-methyl/N-ethyl adjacent to an activating group) is 1. The van der Waals surface area contributed by atoms with Gasteiger partial charge in [0.15, 0.2) is 0 Å². The van der Waals surface area contributed by atoms with Crippen LogP contribution in [0.5, 0.6) is 0 Å². The van der Waals surface area contributed by atoms with E-state index in [1.54, 1.807) is 0 Å². The van der Waals surface area contributed by atoms with Crippen molar-refractivity contribution in [2.45, 2.75) is 47.7 Å². The van der Waals surface area contributed by atoms with Gasteiger partial charge in [0.2, 0.25) is 0 Å². The molecule has 1 aliphatic heterocycles. The lowest BCUT2D eigenvalue weighted by molar-refractivity contribution is 0.259. The Morgan fingerprint density at radius 2 is 1.69 bits per heavy atom. The van der Waals surface area contributed by atoms with Crippen LogP contribution in [-0.2, 0) is 13.1 Å². The van der Waals surface area contributed by atoms with Crippen molar-refractivity contribution in [2.75, 3.05) is 19.3 Å². The van der Waals surface area contributed by atoms with Gasteiger partial charge in [0, 0.05) is 13.1 Å². The molecule has 1 aliphatic rings. The summed E-state index contributed by atoms with van der Waals surface area (Å²) >= 11 is 0. The fraction of sp³-hybridized carbons (Fsp3) is 0.750. The number of hydrogen-bond donors (Lipinski definition) is 1. The van der Waals surface area contributed by atoms with E-state index in [1.807, 2.05) is 39.3 Å². The second kappa shape index (κ2) is 7.28. The highest BCUT2D eigenvalue weighted by molar-refractivity contribution is 5.47. The maximum absolute atomic E-state index is 5.88. The molecule has 2 N–H and O–H groups in total. The average molecular weight is 226 g/mol. The van der Waals surface area contributed by atoms with E-state index in [2.05, 4.69) is 17.0 Å². The third kappa shape index (κ3) is 3.23. The van der Waals surface area contributed by atoms with Crippen molar-refractivity contribution in [3.63, 3.8) is 0 Å². The van der Waals surface area contributed by atoms with Crippen LogP contribution in [0.25, 0.3) is 0 Å². The second-order valence-electron chi connectivity index (χ2n) is 3.41. The number of anilines is 1. The van der Waals surface area contributed by atoms with Crippen LogP contribution >= 0.6 is 0 Å². The lowest BCUT2D eigenvalue weighted by Crippen LogP contribution is -2.30. The van der Waals surface area contributed by atoms with Crippen LogP contribution < -0.4 is 5.73 Å². The van der Waals surface area contributed by atoms with Crippen molar-refractivity contribution in [2.24, 2.45) is 0 Å². The Morgan fingerprint density at radius 1 is 1.12 bits per heavy atom. The van der Waals surface area contributed by atoms with Crippen molar-refractivity contribution < 1.29 is 0 Å². The average Bonchev–Trinajstić information content (AvgIpc) is 2.61. The first-order chi connectivity index (χ1) is 7.68. The summed E-state index contributed by atoms with van der Waals surface area (Å²) in [6.07, 6.45) is 0. The molecule has 0 bridgehead atoms. The zero-order chi connectivity index (χ0) is 12.7. The van der Waals surface area contributed by atoms with Gasteiger partial charge < -0.3 is 5.73 Å². The molecule has 4 nitrogen and oxygen atoms in total. The molecule has 1 aromatic rings. The molecule has 4 heteroatoms. The van der Waals surface area contributed by atoms with Crippen molar-refractivity contribution in [1.29, 1.82) is 0 Å². The van der Waals surface area contributed by atoms with Crippen LogP contribution in [0.15, 0.2) is 0 Å². The molecule has 0 amide bonds. The molecule has 0 fully saturated rings. The lowest BCUT2D eigenvalue weighted by atomic mass is 10.2. The van der Waals surface area contributed by atoms with Gasteiger partial charge in [-0.05, 0) is 14.0 Å². The van der Waals surface area contributed by atoms with E-state index in [9.17, 15) is 0 Å². The fourth-order valence-electron chi connectivity index (χ4n) is 1.60. The molecule has 0 aliphatic carbocycles. The van der Waals surface area contributed by atoms with Crippen molar-refractivity contribution in [3.8, 4) is 0 Å². The monoisotopic (exact) mass is 226 g/mol. The summed E-state index contributed by atoms with van der Waals surface area (Å²) in [5.74, 6) is 0. The summed E-state index contributed by atoms with van der Waals surface area (Å²) in [6, 6.07) is 0. The summed E-state index contributed by atoms with van der Waals surface area (Å²) in [5.41, 5.74) is 8.86. The van der Waals surface area contributed by atoms with E-state index in [4.69, 9.17) is 5.73 Å². The smallest absolute Gasteiger partial charge is 0.0826 e. The SMILES string of the molecule is CC.CC.Cc1nn2c(c1N)CN(C)CC2. The van der Waals surface area contributed by atoms with Crippen LogP contribution in [0, 0.1) is 6.92 Å². The first-order valence-corrected chi connectivity index (χ1v) is 6.19. The zero-order valence-electron chi connectivity index (χ0n) is 11.5. The van der Waals surface area contributed by atoms with Gasteiger partial charge >= 0.3 is 0 Å². The summed E-state index contributed by atoms with van der Waals surface area (Å²) in [4.78, 5) is 2.26. The molecule has 0 aromatic carbocycles.